The maximum absolute atomic E-state index is 17.2. The van der Waals surface area contributed by atoms with Crippen LogP contribution in [-0.4, -0.2) is 93.3 Å². The lowest BCUT2D eigenvalue weighted by Crippen LogP contribution is -2.60. The van der Waals surface area contributed by atoms with Gasteiger partial charge in [-0.25, -0.2) is 9.37 Å². The van der Waals surface area contributed by atoms with Crippen molar-refractivity contribution in [1.29, 1.82) is 0 Å². The number of rotatable bonds is 7. The quantitative estimate of drug-likeness (QED) is 0.221. The Kier molecular flexibility index (Phi) is 7.48. The second-order valence-corrected chi connectivity index (χ2v) is 14.3. The highest BCUT2D eigenvalue weighted by Gasteiger charge is 2.55. The largest absolute Gasteiger partial charge is 0.480 e. The smallest absolute Gasteiger partial charge is 0.319 e. The highest BCUT2D eigenvalue weighted by molar-refractivity contribution is 6.33. The summed E-state index contributed by atoms with van der Waals surface area (Å²) in [5.41, 5.74) is -0.701. The second kappa shape index (κ2) is 11.4. The SMILES string of the molecule is COc1nc(-c2c(C3CC3)c(Cl)cc3[nH]ncc23)c(F)c2nc(OCC34CCCNC3(O)CCC4)nc(N3CCOC[C@@](C)(O)C3)c12. The molecule has 0 spiro atoms. The van der Waals surface area contributed by atoms with Crippen LogP contribution in [0.5, 0.6) is 11.9 Å². The van der Waals surface area contributed by atoms with Crippen molar-refractivity contribution in [3.63, 3.8) is 0 Å². The van der Waals surface area contributed by atoms with Gasteiger partial charge in [-0.1, -0.05) is 11.6 Å². The summed E-state index contributed by atoms with van der Waals surface area (Å²) in [7, 11) is 1.47. The molecule has 0 amide bonds. The molecule has 4 aliphatic rings. The lowest BCUT2D eigenvalue weighted by atomic mass is 9.74. The number of aromatic nitrogens is 5. The van der Waals surface area contributed by atoms with Gasteiger partial charge >= 0.3 is 6.01 Å². The number of aromatic amines is 1. The van der Waals surface area contributed by atoms with Gasteiger partial charge < -0.3 is 29.3 Å². The highest BCUT2D eigenvalue weighted by Crippen LogP contribution is 2.52. The number of β-amino-alcohol motifs (C(OH)–C–C–N with tert-alkyl or cyclic N) is 1. The molecule has 14 heteroatoms. The molecule has 2 saturated carbocycles. The van der Waals surface area contributed by atoms with Crippen LogP contribution >= 0.6 is 11.6 Å². The average molecular weight is 668 g/mol. The third-order valence-corrected chi connectivity index (χ3v) is 10.7. The van der Waals surface area contributed by atoms with Gasteiger partial charge in [-0.3, -0.25) is 10.4 Å². The number of nitrogens with zero attached hydrogens (tertiary/aromatic N) is 5. The molecular weight excluding hydrogens is 629 g/mol. The van der Waals surface area contributed by atoms with Gasteiger partial charge in [0.15, 0.2) is 5.82 Å². The summed E-state index contributed by atoms with van der Waals surface area (Å²) in [5.74, 6) is -0.0593. The molecule has 47 heavy (non-hydrogen) atoms. The maximum Gasteiger partial charge on any atom is 0.319 e. The van der Waals surface area contributed by atoms with Gasteiger partial charge in [0.2, 0.25) is 5.88 Å². The van der Waals surface area contributed by atoms with E-state index in [0.717, 1.165) is 50.6 Å². The van der Waals surface area contributed by atoms with E-state index in [1.54, 1.807) is 13.1 Å². The third-order valence-electron chi connectivity index (χ3n) is 10.4. The zero-order valence-electron chi connectivity index (χ0n) is 26.5. The van der Waals surface area contributed by atoms with Crippen LogP contribution in [0.4, 0.5) is 10.2 Å². The van der Waals surface area contributed by atoms with Crippen LogP contribution in [0.25, 0.3) is 33.1 Å². The Bertz CT molecular complexity index is 1870. The summed E-state index contributed by atoms with van der Waals surface area (Å²) in [4.78, 5) is 16.1. The molecule has 3 aromatic heterocycles. The van der Waals surface area contributed by atoms with Crippen LogP contribution in [0.2, 0.25) is 5.02 Å². The summed E-state index contributed by atoms with van der Waals surface area (Å²) in [5, 5.41) is 34.5. The van der Waals surface area contributed by atoms with Crippen LogP contribution in [0, 0.1) is 11.2 Å². The van der Waals surface area contributed by atoms with E-state index in [4.69, 9.17) is 35.8 Å². The molecule has 0 bridgehead atoms. The van der Waals surface area contributed by atoms with Crippen LogP contribution in [-0.2, 0) is 4.74 Å². The van der Waals surface area contributed by atoms with Crippen molar-refractivity contribution in [3.05, 3.63) is 28.7 Å². The number of aliphatic hydroxyl groups is 2. The van der Waals surface area contributed by atoms with Crippen molar-refractivity contribution >= 4 is 39.2 Å². The zero-order chi connectivity index (χ0) is 32.6. The van der Waals surface area contributed by atoms with Gasteiger partial charge in [0.1, 0.15) is 40.3 Å². The summed E-state index contributed by atoms with van der Waals surface area (Å²) < 4.78 is 35.1. The van der Waals surface area contributed by atoms with Gasteiger partial charge in [0.25, 0.3) is 0 Å². The molecule has 250 valence electrons. The topological polar surface area (TPSA) is 151 Å². The first kappa shape index (κ1) is 30.9. The highest BCUT2D eigenvalue weighted by atomic mass is 35.5. The van der Waals surface area contributed by atoms with Gasteiger partial charge in [-0.05, 0) is 76.0 Å². The number of fused-ring (bicyclic) bond motifs is 3. The van der Waals surface area contributed by atoms with Gasteiger partial charge in [-0.2, -0.15) is 15.1 Å². The number of ether oxygens (including phenoxy) is 3. The lowest BCUT2D eigenvalue weighted by molar-refractivity contribution is -0.127. The lowest BCUT2D eigenvalue weighted by Gasteiger charge is -2.46. The molecular formula is C33H39ClFN7O5. The summed E-state index contributed by atoms with van der Waals surface area (Å²) in [6, 6.07) is 1.78. The molecule has 2 aliphatic heterocycles. The van der Waals surface area contributed by atoms with Crippen LogP contribution < -0.4 is 19.7 Å². The minimum atomic E-state index is -1.20. The van der Waals surface area contributed by atoms with Crippen molar-refractivity contribution < 1.29 is 28.8 Å². The minimum absolute atomic E-state index is 0.0315. The molecule has 4 fully saturated rings. The van der Waals surface area contributed by atoms with Gasteiger partial charge in [-0.15, -0.1) is 0 Å². The number of H-pyrrole nitrogens is 1. The predicted octanol–water partition coefficient (Wildman–Crippen LogP) is 4.46. The van der Waals surface area contributed by atoms with Crippen molar-refractivity contribution in [2.24, 2.45) is 5.41 Å². The number of hydrogen-bond acceptors (Lipinski definition) is 11. The van der Waals surface area contributed by atoms with E-state index >= 15 is 4.39 Å². The zero-order valence-corrected chi connectivity index (χ0v) is 27.3. The molecule has 4 N–H and O–H groups in total. The normalized spacial score (nSPS) is 28.1. The molecule has 8 rings (SSSR count). The Morgan fingerprint density at radius 2 is 2.00 bits per heavy atom. The minimum Gasteiger partial charge on any atom is -0.480 e. The van der Waals surface area contributed by atoms with Crippen LogP contribution in [0.15, 0.2) is 12.3 Å². The second-order valence-electron chi connectivity index (χ2n) is 13.9. The number of benzene rings is 1. The number of nitrogens with one attached hydrogen (secondary N) is 2. The van der Waals surface area contributed by atoms with Crippen molar-refractivity contribution in [2.45, 2.75) is 69.1 Å². The Labute approximate surface area is 276 Å². The molecule has 3 atom stereocenters. The van der Waals surface area contributed by atoms with Crippen molar-refractivity contribution in [3.8, 4) is 23.1 Å². The Morgan fingerprint density at radius 3 is 2.81 bits per heavy atom. The molecule has 1 aromatic carbocycles. The maximum atomic E-state index is 17.2. The molecule has 2 unspecified atom stereocenters. The van der Waals surface area contributed by atoms with E-state index < -0.39 is 22.6 Å². The Morgan fingerprint density at radius 1 is 1.17 bits per heavy atom. The van der Waals surface area contributed by atoms with E-state index in [1.165, 1.54) is 7.11 Å². The first-order chi connectivity index (χ1) is 22.6. The summed E-state index contributed by atoms with van der Waals surface area (Å²) >= 11 is 6.82. The molecule has 0 radical (unpaired) electrons. The van der Waals surface area contributed by atoms with Crippen LogP contribution in [0.1, 0.15) is 63.4 Å². The summed E-state index contributed by atoms with van der Waals surface area (Å²) in [6.07, 6.45) is 7.52. The van der Waals surface area contributed by atoms with Gasteiger partial charge in [0, 0.05) is 27.9 Å². The molecule has 5 heterocycles. The Balaban J connectivity index is 1.33. The van der Waals surface area contributed by atoms with Crippen molar-refractivity contribution in [2.75, 3.05) is 51.5 Å². The third kappa shape index (κ3) is 5.18. The number of hydrogen-bond donors (Lipinski definition) is 4. The molecule has 12 nitrogen and oxygen atoms in total. The predicted molar refractivity (Wildman–Crippen MR) is 174 cm³/mol. The fourth-order valence-corrected chi connectivity index (χ4v) is 8.30. The number of piperidine rings is 1. The number of anilines is 1. The molecule has 4 aromatic rings. The van der Waals surface area contributed by atoms with Gasteiger partial charge in [0.05, 0.1) is 38.6 Å². The monoisotopic (exact) mass is 667 g/mol. The number of pyridine rings is 1. The average Bonchev–Trinajstić information content (AvgIpc) is 3.72. The first-order valence-corrected chi connectivity index (χ1v) is 16.8. The standard InChI is InChI=1S/C33H39ClFN7O5/c1-31(43)15-42(11-12-46-16-31)28-24-27(39-30(40-28)47-17-32-7-3-9-33(32,44)36-10-4-8-32)25(35)26(38-29(24)45-2)23-19-14-37-41-21(19)13-20(34)22(23)18-5-6-18/h13-14,18,36,43-44H,3-12,15-17H2,1-2H3,(H,37,41)/t31-,32?,33?/m0/s1. The first-order valence-electron chi connectivity index (χ1n) is 16.4. The Hall–Kier alpha value is -3.36. The molecule has 2 aliphatic carbocycles. The fourth-order valence-electron chi connectivity index (χ4n) is 7.94. The molecule has 2 saturated heterocycles. The van der Waals surface area contributed by atoms with E-state index in [-0.39, 0.29) is 54.2 Å². The van der Waals surface area contributed by atoms with Crippen LogP contribution in [0.3, 0.4) is 0 Å². The fraction of sp³-hybridized carbons (Fsp3) is 0.576. The number of halogens is 2. The van der Waals surface area contributed by atoms with E-state index in [1.807, 2.05) is 11.0 Å². The van der Waals surface area contributed by atoms with E-state index in [9.17, 15) is 10.2 Å². The summed E-state index contributed by atoms with van der Waals surface area (Å²) in [6.45, 7) is 3.58. The van der Waals surface area contributed by atoms with E-state index in [0.29, 0.717) is 46.9 Å². The number of methoxy groups -OCH3 is 1. The van der Waals surface area contributed by atoms with E-state index in [2.05, 4.69) is 20.5 Å². The van der Waals surface area contributed by atoms with Crippen molar-refractivity contribution in [1.82, 2.24) is 30.5 Å².